The smallest absolute Gasteiger partial charge is 0.254 e. The van der Waals surface area contributed by atoms with E-state index in [4.69, 9.17) is 11.6 Å². The molecule has 3 aromatic rings. The van der Waals surface area contributed by atoms with Gasteiger partial charge in [0.05, 0.1) is 5.56 Å². The van der Waals surface area contributed by atoms with Crippen molar-refractivity contribution in [1.29, 1.82) is 0 Å². The van der Waals surface area contributed by atoms with Crippen molar-refractivity contribution in [2.24, 2.45) is 0 Å². The quantitative estimate of drug-likeness (QED) is 0.355. The number of carbonyl (C=O) groups excluding carboxylic acids is 1. The highest BCUT2D eigenvalue weighted by Gasteiger charge is 2.33. The van der Waals surface area contributed by atoms with Crippen LogP contribution in [0.25, 0.3) is 0 Å². The van der Waals surface area contributed by atoms with Crippen LogP contribution in [0.4, 0.5) is 11.8 Å². The number of hydrogen-bond donors (Lipinski definition) is 2. The topological polar surface area (TPSA) is 117 Å². The average molecular weight is 569 g/mol. The zero-order valence-electron chi connectivity index (χ0n) is 22.3. The zero-order valence-corrected chi connectivity index (χ0v) is 23.8. The van der Waals surface area contributed by atoms with Crippen molar-refractivity contribution >= 4 is 39.1 Å². The molecule has 2 heterocycles. The number of benzene rings is 1. The van der Waals surface area contributed by atoms with Crippen LogP contribution in [0.2, 0.25) is 5.02 Å². The van der Waals surface area contributed by atoms with E-state index in [2.05, 4.69) is 32.2 Å². The van der Waals surface area contributed by atoms with E-state index >= 15 is 0 Å². The van der Waals surface area contributed by atoms with Gasteiger partial charge in [0.2, 0.25) is 15.8 Å². The van der Waals surface area contributed by atoms with E-state index in [1.54, 1.807) is 30.3 Å². The molecule has 2 N–H and O–H groups in total. The number of halogens is 1. The van der Waals surface area contributed by atoms with Gasteiger partial charge in [-0.05, 0) is 62.4 Å². The molecule has 1 aliphatic carbocycles. The second-order valence-electron chi connectivity index (χ2n) is 9.86. The molecule has 1 saturated carbocycles. The highest BCUT2D eigenvalue weighted by molar-refractivity contribution is 7.91. The number of hydrogen-bond acceptors (Lipinski definition) is 8. The van der Waals surface area contributed by atoms with Gasteiger partial charge in [-0.25, -0.2) is 18.4 Å². The third-order valence-electron chi connectivity index (χ3n) is 6.73. The Morgan fingerprint density at radius 3 is 2.41 bits per heavy atom. The summed E-state index contributed by atoms with van der Waals surface area (Å²) in [5.41, 5.74) is 1.39. The molecule has 1 fully saturated rings. The number of carbonyl (C=O) groups is 1. The Morgan fingerprint density at radius 1 is 1.10 bits per heavy atom. The number of amides is 1. The predicted molar refractivity (Wildman–Crippen MR) is 154 cm³/mol. The summed E-state index contributed by atoms with van der Waals surface area (Å²) < 4.78 is 27.2. The Kier molecular flexibility index (Phi) is 8.87. The summed E-state index contributed by atoms with van der Waals surface area (Å²) in [5, 5.41) is 5.58. The maximum Gasteiger partial charge on any atom is 0.254 e. The molecule has 0 spiro atoms. The van der Waals surface area contributed by atoms with E-state index in [1.807, 2.05) is 32.0 Å². The SMILES string of the molecule is C=CC(c1ccc(Cl)cc1)S(=O)(=O)c1ncccc1C(=O)NC1CCC(Nc2nc(C)cc(N(C)C)n2)CC1. The van der Waals surface area contributed by atoms with Gasteiger partial charge >= 0.3 is 0 Å². The van der Waals surface area contributed by atoms with Crippen molar-refractivity contribution in [3.05, 3.63) is 83.2 Å². The van der Waals surface area contributed by atoms with Gasteiger partial charge in [-0.1, -0.05) is 29.8 Å². The Labute approximate surface area is 234 Å². The van der Waals surface area contributed by atoms with Gasteiger partial charge in [0.15, 0.2) is 5.03 Å². The van der Waals surface area contributed by atoms with Crippen LogP contribution in [-0.2, 0) is 9.84 Å². The zero-order chi connectivity index (χ0) is 28.2. The molecule has 0 aliphatic heterocycles. The van der Waals surface area contributed by atoms with Gasteiger partial charge in [0.1, 0.15) is 11.1 Å². The molecule has 2 aromatic heterocycles. The van der Waals surface area contributed by atoms with Gasteiger partial charge in [-0.2, -0.15) is 4.98 Å². The molecular weight excluding hydrogens is 536 g/mol. The summed E-state index contributed by atoms with van der Waals surface area (Å²) in [5.74, 6) is 0.964. The first-order valence-corrected chi connectivity index (χ1v) is 14.7. The molecule has 0 radical (unpaired) electrons. The van der Waals surface area contributed by atoms with Crippen molar-refractivity contribution in [3.8, 4) is 0 Å². The molecule has 11 heteroatoms. The fraction of sp³-hybridized carbons (Fsp3) is 0.357. The number of pyridine rings is 1. The van der Waals surface area contributed by atoms with Crippen LogP contribution in [0.1, 0.15) is 52.5 Å². The summed E-state index contributed by atoms with van der Waals surface area (Å²) in [4.78, 5) is 28.4. The lowest BCUT2D eigenvalue weighted by molar-refractivity contribution is 0.0922. The second kappa shape index (κ2) is 12.1. The van der Waals surface area contributed by atoms with Gasteiger partial charge in [0, 0.05) is 49.2 Å². The molecule has 1 unspecified atom stereocenters. The molecule has 1 aliphatic rings. The van der Waals surface area contributed by atoms with Crippen LogP contribution in [0.15, 0.2) is 66.3 Å². The summed E-state index contributed by atoms with van der Waals surface area (Å²) in [6, 6.07) is 11.6. The highest BCUT2D eigenvalue weighted by Crippen LogP contribution is 2.31. The van der Waals surface area contributed by atoms with E-state index in [-0.39, 0.29) is 22.7 Å². The van der Waals surface area contributed by atoms with Gasteiger partial charge in [0.25, 0.3) is 5.91 Å². The average Bonchev–Trinajstić information content (AvgIpc) is 2.91. The first-order valence-electron chi connectivity index (χ1n) is 12.8. The maximum absolute atomic E-state index is 13.6. The van der Waals surface area contributed by atoms with Crippen molar-refractivity contribution in [3.63, 3.8) is 0 Å². The Balaban J connectivity index is 1.43. The fourth-order valence-corrected chi connectivity index (χ4v) is 6.49. The van der Waals surface area contributed by atoms with Crippen LogP contribution in [0.5, 0.6) is 0 Å². The number of nitrogens with zero attached hydrogens (tertiary/aromatic N) is 4. The minimum atomic E-state index is -4.05. The molecule has 4 rings (SSSR count). The molecule has 206 valence electrons. The highest BCUT2D eigenvalue weighted by atomic mass is 35.5. The summed E-state index contributed by atoms with van der Waals surface area (Å²) in [6.07, 6.45) is 5.80. The lowest BCUT2D eigenvalue weighted by atomic mass is 9.91. The Hall–Kier alpha value is -3.50. The van der Waals surface area contributed by atoms with Gasteiger partial charge in [-0.15, -0.1) is 6.58 Å². The molecule has 9 nitrogen and oxygen atoms in total. The number of aromatic nitrogens is 3. The van der Waals surface area contributed by atoms with Crippen LogP contribution < -0.4 is 15.5 Å². The lowest BCUT2D eigenvalue weighted by Gasteiger charge is -2.30. The van der Waals surface area contributed by atoms with Crippen molar-refractivity contribution in [2.75, 3.05) is 24.3 Å². The van der Waals surface area contributed by atoms with Gasteiger partial charge in [-0.3, -0.25) is 4.79 Å². The Morgan fingerprint density at radius 2 is 1.77 bits per heavy atom. The molecule has 0 saturated heterocycles. The number of nitrogens with one attached hydrogen (secondary N) is 2. The molecule has 1 atom stereocenters. The van der Waals surface area contributed by atoms with E-state index < -0.39 is 21.0 Å². The molecule has 1 aromatic carbocycles. The van der Waals surface area contributed by atoms with E-state index in [9.17, 15) is 13.2 Å². The third-order valence-corrected chi connectivity index (χ3v) is 8.98. The number of rotatable bonds is 9. The van der Waals surface area contributed by atoms with Crippen LogP contribution >= 0.6 is 11.6 Å². The van der Waals surface area contributed by atoms with Crippen LogP contribution in [0, 0.1) is 6.92 Å². The molecular formula is C28H33ClN6O3S. The van der Waals surface area contributed by atoms with Crippen molar-refractivity contribution in [2.45, 2.75) is 55.0 Å². The largest absolute Gasteiger partial charge is 0.363 e. The van der Waals surface area contributed by atoms with Crippen molar-refractivity contribution < 1.29 is 13.2 Å². The summed E-state index contributed by atoms with van der Waals surface area (Å²) in [6.45, 7) is 5.65. The van der Waals surface area contributed by atoms with E-state index in [0.717, 1.165) is 37.2 Å². The molecule has 0 bridgehead atoms. The van der Waals surface area contributed by atoms with Gasteiger partial charge < -0.3 is 15.5 Å². The normalized spacial score (nSPS) is 18.2. The number of sulfone groups is 1. The van der Waals surface area contributed by atoms with Crippen molar-refractivity contribution in [1.82, 2.24) is 20.3 Å². The van der Waals surface area contributed by atoms with Crippen LogP contribution in [0.3, 0.4) is 0 Å². The number of aryl methyl sites for hydroxylation is 1. The second-order valence-corrected chi connectivity index (χ2v) is 12.3. The summed E-state index contributed by atoms with van der Waals surface area (Å²) in [7, 11) is -0.174. The minimum absolute atomic E-state index is 0.0166. The monoisotopic (exact) mass is 568 g/mol. The molecule has 1 amide bonds. The minimum Gasteiger partial charge on any atom is -0.363 e. The van der Waals surface area contributed by atoms with Crippen LogP contribution in [-0.4, -0.2) is 55.5 Å². The maximum atomic E-state index is 13.6. The standard InChI is InChI=1S/C28H33ClN6O3S/c1-5-24(19-8-10-20(29)11-9-19)39(37,38)27-23(7-6-16-30-27)26(36)32-21-12-14-22(15-13-21)33-28-31-18(2)17-25(34-28)35(3)4/h5-11,16-17,21-22,24H,1,12-15H2,2-4H3,(H,32,36)(H,31,33,34). The predicted octanol–water partition coefficient (Wildman–Crippen LogP) is 4.75. The lowest BCUT2D eigenvalue weighted by Crippen LogP contribution is -2.40. The Bertz CT molecular complexity index is 1440. The van der Waals surface area contributed by atoms with E-state index in [0.29, 0.717) is 16.5 Å². The summed E-state index contributed by atoms with van der Waals surface area (Å²) >= 11 is 5.97. The fourth-order valence-electron chi connectivity index (χ4n) is 4.68. The van der Waals surface area contributed by atoms with E-state index in [1.165, 1.54) is 18.3 Å². The first-order chi connectivity index (χ1) is 18.6. The third kappa shape index (κ3) is 6.75. The number of anilines is 2. The first kappa shape index (κ1) is 28.5. The molecule has 39 heavy (non-hydrogen) atoms.